The molecular formula is C41H38Cl2OP2. The molecule has 0 saturated carbocycles. The minimum atomic E-state index is -3.39. The van der Waals surface area contributed by atoms with Crippen molar-refractivity contribution in [2.75, 3.05) is 5.88 Å². The topological polar surface area (TPSA) is 17.1 Å². The van der Waals surface area contributed by atoms with Crippen LogP contribution in [-0.2, 0) is 4.79 Å². The fourth-order valence-corrected chi connectivity index (χ4v) is 24.5. The molecular weight excluding hydrogens is 641 g/mol. The van der Waals surface area contributed by atoms with Crippen LogP contribution >= 0.6 is 37.7 Å². The summed E-state index contributed by atoms with van der Waals surface area (Å²) in [6.45, 7) is 0. The molecule has 0 radical (unpaired) electrons. The van der Waals surface area contributed by atoms with Gasteiger partial charge in [0.15, 0.2) is 0 Å². The van der Waals surface area contributed by atoms with Crippen molar-refractivity contribution in [1.82, 2.24) is 0 Å². The van der Waals surface area contributed by atoms with Gasteiger partial charge in [-0.2, -0.15) is 0 Å². The van der Waals surface area contributed by atoms with Gasteiger partial charge in [0.1, 0.15) is 0 Å². The monoisotopic (exact) mass is 678 g/mol. The molecule has 0 atom stereocenters. The normalized spacial score (nSPS) is 13.8. The Balaban J connectivity index is 1.92. The summed E-state index contributed by atoms with van der Waals surface area (Å²) in [4.78, 5) is 14.4. The standard InChI is InChI=1S/C41H38Cl2OP2/c42-32-31-34(44)33-41(43,45(35-19-7-1-8-20-35,36-21-9-2-10-22-36)37-23-11-3-12-24-37)46(38-25-13-4-14-26-38,39-27-15-5-16-28-39)40-29-17-6-18-30-40/h1-30,45-46H,31-33H2. The number of Topliss-reactive ketones (excluding diaryl/α,β-unsaturated/α-hetero) is 1. The number of rotatable bonds is 12. The summed E-state index contributed by atoms with van der Waals surface area (Å²) < 4.78 is -1.09. The van der Waals surface area contributed by atoms with Gasteiger partial charge in [-0.25, -0.2) is 0 Å². The maximum absolute atomic E-state index is 14.4. The molecule has 0 bridgehead atoms. The van der Waals surface area contributed by atoms with E-state index < -0.39 is 18.9 Å². The second kappa shape index (κ2) is 14.5. The number of carbonyl (C=O) groups is 1. The first-order chi connectivity index (χ1) is 22.6. The number of alkyl halides is 2. The molecule has 46 heavy (non-hydrogen) atoms. The predicted molar refractivity (Wildman–Crippen MR) is 207 cm³/mol. The molecule has 6 rings (SSSR count). The van der Waals surface area contributed by atoms with Gasteiger partial charge >= 0.3 is 285 Å². The number of hydrogen-bond acceptors (Lipinski definition) is 1. The van der Waals surface area contributed by atoms with Gasteiger partial charge in [0.25, 0.3) is 0 Å². The Morgan fingerprint density at radius 1 is 0.435 bits per heavy atom. The summed E-state index contributed by atoms with van der Waals surface area (Å²) >= 11 is 15.3. The van der Waals surface area contributed by atoms with Crippen LogP contribution in [0.15, 0.2) is 182 Å². The van der Waals surface area contributed by atoms with Crippen LogP contribution in [0.5, 0.6) is 0 Å². The van der Waals surface area contributed by atoms with Crippen LogP contribution in [0.4, 0.5) is 0 Å². The van der Waals surface area contributed by atoms with Crippen LogP contribution in [-0.4, -0.2) is 16.0 Å². The van der Waals surface area contributed by atoms with Crippen molar-refractivity contribution in [2.24, 2.45) is 0 Å². The average Bonchev–Trinajstić information content (AvgIpc) is 3.12. The van der Waals surface area contributed by atoms with E-state index in [4.69, 9.17) is 23.2 Å². The summed E-state index contributed by atoms with van der Waals surface area (Å²) in [7, 11) is -6.78. The molecule has 6 aromatic carbocycles. The van der Waals surface area contributed by atoms with E-state index in [0.29, 0.717) is 0 Å². The SMILES string of the molecule is O=C(CCCl)CC(Cl)([PH](c1ccccc1)(c1ccccc1)c1ccccc1)[PH](c1ccccc1)(c1ccccc1)c1ccccc1. The van der Waals surface area contributed by atoms with Gasteiger partial charge in [0.2, 0.25) is 0 Å². The fraction of sp³-hybridized carbons (Fsp3) is 0.0976. The third-order valence-corrected chi connectivity index (χ3v) is 23.4. The molecule has 0 amide bonds. The Kier molecular flexibility index (Phi) is 10.2. The third kappa shape index (κ3) is 5.55. The van der Waals surface area contributed by atoms with Crippen molar-refractivity contribution in [3.63, 3.8) is 0 Å². The summed E-state index contributed by atoms with van der Waals surface area (Å²) in [5, 5.41) is 7.00. The van der Waals surface area contributed by atoms with Crippen molar-refractivity contribution in [3.8, 4) is 0 Å². The molecule has 0 aliphatic heterocycles. The number of halogens is 2. The van der Waals surface area contributed by atoms with Crippen LogP contribution in [0.25, 0.3) is 0 Å². The molecule has 0 heterocycles. The Hall–Kier alpha value is -3.57. The molecule has 0 spiro atoms. The Bertz CT molecular complexity index is 1520. The Morgan fingerprint density at radius 3 is 0.848 bits per heavy atom. The molecule has 0 aliphatic rings. The van der Waals surface area contributed by atoms with E-state index in [1.807, 2.05) is 0 Å². The van der Waals surface area contributed by atoms with E-state index in [0.717, 1.165) is 0 Å². The van der Waals surface area contributed by atoms with Gasteiger partial charge in [-0.1, -0.05) is 0 Å². The molecule has 0 unspecified atom stereocenters. The van der Waals surface area contributed by atoms with E-state index in [1.165, 1.54) is 31.8 Å². The number of ketones is 1. The molecule has 0 aliphatic carbocycles. The van der Waals surface area contributed by atoms with Crippen LogP contribution in [0.3, 0.4) is 0 Å². The average molecular weight is 680 g/mol. The molecule has 0 aromatic heterocycles. The number of hydrogen-bond donors (Lipinski definition) is 0. The maximum atomic E-state index is 14.4. The molecule has 232 valence electrons. The number of benzene rings is 6. The van der Waals surface area contributed by atoms with Gasteiger partial charge < -0.3 is 0 Å². The number of carbonyl (C=O) groups excluding carboxylic acids is 1. The summed E-state index contributed by atoms with van der Waals surface area (Å²) in [6, 6.07) is 64.4. The van der Waals surface area contributed by atoms with E-state index in [2.05, 4.69) is 182 Å². The first-order valence-corrected chi connectivity index (χ1v) is 20.6. The second-order valence-corrected chi connectivity index (χ2v) is 22.0. The van der Waals surface area contributed by atoms with E-state index in [9.17, 15) is 4.79 Å². The van der Waals surface area contributed by atoms with Gasteiger partial charge in [0.05, 0.1) is 0 Å². The molecule has 0 saturated heterocycles. The van der Waals surface area contributed by atoms with E-state index in [1.54, 1.807) is 0 Å². The molecule has 1 nitrogen and oxygen atoms in total. The van der Waals surface area contributed by atoms with Crippen LogP contribution in [0, 0.1) is 0 Å². The van der Waals surface area contributed by atoms with Crippen molar-refractivity contribution in [1.29, 1.82) is 0 Å². The van der Waals surface area contributed by atoms with Crippen LogP contribution in [0.2, 0.25) is 0 Å². The zero-order valence-corrected chi connectivity index (χ0v) is 29.1. The first-order valence-electron chi connectivity index (χ1n) is 15.7. The summed E-state index contributed by atoms with van der Waals surface area (Å²) in [5.41, 5.74) is 0. The zero-order chi connectivity index (χ0) is 31.9. The van der Waals surface area contributed by atoms with Gasteiger partial charge in [-0.15, -0.1) is 0 Å². The van der Waals surface area contributed by atoms with Crippen molar-refractivity contribution in [2.45, 2.75) is 17.2 Å². The fourth-order valence-electron chi connectivity index (χ4n) is 7.51. The summed E-state index contributed by atoms with van der Waals surface area (Å²) in [6.07, 6.45) is 0.415. The first kappa shape index (κ1) is 32.4. The second-order valence-electron chi connectivity index (χ2n) is 11.7. The predicted octanol–water partition coefficient (Wildman–Crippen LogP) is 7.92. The van der Waals surface area contributed by atoms with Crippen molar-refractivity contribution < 1.29 is 4.79 Å². The van der Waals surface area contributed by atoms with Crippen LogP contribution in [0.1, 0.15) is 12.8 Å². The third-order valence-electron chi connectivity index (χ3n) is 9.24. The van der Waals surface area contributed by atoms with Crippen molar-refractivity contribution >= 4 is 75.3 Å². The van der Waals surface area contributed by atoms with E-state index >= 15 is 0 Å². The quantitative estimate of drug-likeness (QED) is 0.0950. The Morgan fingerprint density at radius 2 is 0.652 bits per heavy atom. The van der Waals surface area contributed by atoms with Crippen LogP contribution < -0.4 is 31.8 Å². The van der Waals surface area contributed by atoms with Gasteiger partial charge in [0, 0.05) is 0 Å². The van der Waals surface area contributed by atoms with E-state index in [-0.39, 0.29) is 24.5 Å². The van der Waals surface area contributed by atoms with Gasteiger partial charge in [-0.05, 0) is 0 Å². The van der Waals surface area contributed by atoms with Gasteiger partial charge in [-0.3, -0.25) is 0 Å². The molecule has 0 fully saturated rings. The summed E-state index contributed by atoms with van der Waals surface area (Å²) in [5.74, 6) is 0.322. The molecule has 6 aromatic rings. The zero-order valence-electron chi connectivity index (χ0n) is 25.6. The minimum absolute atomic E-state index is 0.0735. The van der Waals surface area contributed by atoms with Crippen molar-refractivity contribution in [3.05, 3.63) is 182 Å². The molecule has 5 heteroatoms. The Labute approximate surface area is 283 Å². The molecule has 0 N–H and O–H groups in total.